The third-order valence-corrected chi connectivity index (χ3v) is 3.22. The van der Waals surface area contributed by atoms with Gasteiger partial charge in [0.1, 0.15) is 5.15 Å². The molecule has 6 heteroatoms. The van der Waals surface area contributed by atoms with Gasteiger partial charge in [0.2, 0.25) is 5.95 Å². The van der Waals surface area contributed by atoms with Crippen molar-refractivity contribution in [3.8, 4) is 0 Å². The normalized spacial score (nSPS) is 10.5. The molecule has 3 N–H and O–H groups in total. The van der Waals surface area contributed by atoms with Gasteiger partial charge in [-0.15, -0.1) is 0 Å². The molecule has 0 aliphatic carbocycles. The average Bonchev–Trinajstić information content (AvgIpc) is 2.46. The first-order valence-corrected chi connectivity index (χ1v) is 6.59. The zero-order valence-corrected chi connectivity index (χ0v) is 11.6. The minimum atomic E-state index is -0.375. The molecule has 1 heterocycles. The molecular weight excluding hydrogens is 288 g/mol. The summed E-state index contributed by atoms with van der Waals surface area (Å²) in [6.07, 6.45) is 1.47. The predicted molar refractivity (Wildman–Crippen MR) is 83.4 cm³/mol. The summed E-state index contributed by atoms with van der Waals surface area (Å²) in [5.41, 5.74) is 6.71. The van der Waals surface area contributed by atoms with Crippen LogP contribution in [0.15, 0.2) is 48.7 Å². The molecule has 0 saturated carbocycles. The number of hydrogen-bond donors (Lipinski definition) is 2. The molecule has 3 rings (SSSR count). The Morgan fingerprint density at radius 2 is 1.86 bits per heavy atom. The Bertz CT molecular complexity index is 835. The van der Waals surface area contributed by atoms with Crippen LogP contribution in [0.5, 0.6) is 0 Å². The fourth-order valence-electron chi connectivity index (χ4n) is 2.02. The maximum absolute atomic E-state index is 12.3. The van der Waals surface area contributed by atoms with Crippen LogP contribution in [0, 0.1) is 0 Å². The van der Waals surface area contributed by atoms with Crippen molar-refractivity contribution >= 4 is 39.9 Å². The Hall–Kier alpha value is -2.66. The number of fused-ring (bicyclic) bond motifs is 1. The number of nitrogens with one attached hydrogen (secondary N) is 1. The van der Waals surface area contributed by atoms with E-state index < -0.39 is 0 Å². The van der Waals surface area contributed by atoms with Crippen molar-refractivity contribution < 1.29 is 4.79 Å². The molecule has 0 radical (unpaired) electrons. The van der Waals surface area contributed by atoms with Crippen LogP contribution in [0.1, 0.15) is 10.4 Å². The molecule has 1 amide bonds. The van der Waals surface area contributed by atoms with E-state index in [4.69, 9.17) is 17.3 Å². The summed E-state index contributed by atoms with van der Waals surface area (Å²) in [6.45, 7) is 0. The van der Waals surface area contributed by atoms with Crippen LogP contribution in [-0.2, 0) is 0 Å². The quantitative estimate of drug-likeness (QED) is 0.562. The van der Waals surface area contributed by atoms with Gasteiger partial charge >= 0.3 is 0 Å². The number of nitrogens with two attached hydrogens (primary N) is 1. The molecule has 3 aromatic rings. The Morgan fingerprint density at radius 3 is 2.57 bits per heavy atom. The van der Waals surface area contributed by atoms with Crippen molar-refractivity contribution in [1.29, 1.82) is 0 Å². The SMILES string of the molecule is Nc1cc2ccccc2cc1C(=O)Nc1nccc(Cl)n1. The molecule has 0 bridgehead atoms. The number of nitrogens with zero attached hydrogens (tertiary/aromatic N) is 2. The summed E-state index contributed by atoms with van der Waals surface area (Å²) in [6, 6.07) is 12.7. The van der Waals surface area contributed by atoms with Crippen LogP contribution in [0.3, 0.4) is 0 Å². The topological polar surface area (TPSA) is 80.9 Å². The van der Waals surface area contributed by atoms with E-state index in [0.29, 0.717) is 11.3 Å². The maximum Gasteiger partial charge on any atom is 0.260 e. The lowest BCUT2D eigenvalue weighted by Gasteiger charge is -2.08. The van der Waals surface area contributed by atoms with E-state index in [1.165, 1.54) is 12.3 Å². The largest absolute Gasteiger partial charge is 0.398 e. The van der Waals surface area contributed by atoms with Gasteiger partial charge in [0.05, 0.1) is 5.56 Å². The number of aromatic nitrogens is 2. The fraction of sp³-hybridized carbons (Fsp3) is 0. The summed E-state index contributed by atoms with van der Waals surface area (Å²) < 4.78 is 0. The second-order valence-electron chi connectivity index (χ2n) is 4.44. The first kappa shape index (κ1) is 13.3. The molecule has 104 valence electrons. The van der Waals surface area contributed by atoms with Gasteiger partial charge in [-0.25, -0.2) is 9.97 Å². The Morgan fingerprint density at radius 1 is 1.14 bits per heavy atom. The summed E-state index contributed by atoms with van der Waals surface area (Å²) in [5, 5.41) is 4.75. The molecule has 1 aromatic heterocycles. The number of hydrogen-bond acceptors (Lipinski definition) is 4. The van der Waals surface area contributed by atoms with Crippen LogP contribution in [-0.4, -0.2) is 15.9 Å². The Labute approximate surface area is 125 Å². The molecule has 0 unspecified atom stereocenters. The highest BCUT2D eigenvalue weighted by Crippen LogP contribution is 2.22. The third-order valence-electron chi connectivity index (χ3n) is 3.01. The molecule has 5 nitrogen and oxygen atoms in total. The molecule has 21 heavy (non-hydrogen) atoms. The highest BCUT2D eigenvalue weighted by atomic mass is 35.5. The van der Waals surface area contributed by atoms with Crippen molar-refractivity contribution in [3.63, 3.8) is 0 Å². The number of nitrogen functional groups attached to an aromatic ring is 1. The summed E-state index contributed by atoms with van der Waals surface area (Å²) in [5.74, 6) is -0.236. The van der Waals surface area contributed by atoms with Gasteiger partial charge in [-0.1, -0.05) is 35.9 Å². The van der Waals surface area contributed by atoms with Crippen molar-refractivity contribution in [2.24, 2.45) is 0 Å². The van der Waals surface area contributed by atoms with Gasteiger partial charge in [-0.05, 0) is 29.0 Å². The number of amides is 1. The highest BCUT2D eigenvalue weighted by molar-refractivity contribution is 6.29. The monoisotopic (exact) mass is 298 g/mol. The van der Waals surface area contributed by atoms with Gasteiger partial charge in [0.15, 0.2) is 0 Å². The van der Waals surface area contributed by atoms with Crippen molar-refractivity contribution in [2.75, 3.05) is 11.1 Å². The summed E-state index contributed by atoms with van der Waals surface area (Å²) >= 11 is 5.76. The fourth-order valence-corrected chi connectivity index (χ4v) is 2.16. The zero-order chi connectivity index (χ0) is 14.8. The number of benzene rings is 2. The van der Waals surface area contributed by atoms with Gasteiger partial charge in [-0.3, -0.25) is 10.1 Å². The van der Waals surface area contributed by atoms with Crippen molar-refractivity contribution in [1.82, 2.24) is 9.97 Å². The minimum absolute atomic E-state index is 0.139. The molecule has 2 aromatic carbocycles. The number of anilines is 2. The van der Waals surface area contributed by atoms with E-state index in [9.17, 15) is 4.79 Å². The molecule has 0 atom stereocenters. The summed E-state index contributed by atoms with van der Waals surface area (Å²) in [7, 11) is 0. The van der Waals surface area contributed by atoms with Gasteiger partial charge in [0.25, 0.3) is 5.91 Å². The average molecular weight is 299 g/mol. The van der Waals surface area contributed by atoms with Crippen LogP contribution in [0.4, 0.5) is 11.6 Å². The van der Waals surface area contributed by atoms with Gasteiger partial charge < -0.3 is 5.73 Å². The van der Waals surface area contributed by atoms with E-state index in [1.54, 1.807) is 12.1 Å². The molecule has 0 spiro atoms. The van der Waals surface area contributed by atoms with Crippen LogP contribution in [0.2, 0.25) is 5.15 Å². The van der Waals surface area contributed by atoms with Gasteiger partial charge in [-0.2, -0.15) is 0 Å². The predicted octanol–water partition coefficient (Wildman–Crippen LogP) is 3.12. The minimum Gasteiger partial charge on any atom is -0.398 e. The van der Waals surface area contributed by atoms with Crippen molar-refractivity contribution in [3.05, 3.63) is 59.4 Å². The van der Waals surface area contributed by atoms with Crippen LogP contribution < -0.4 is 11.1 Å². The molecule has 0 fully saturated rings. The van der Waals surface area contributed by atoms with E-state index in [1.807, 2.05) is 24.3 Å². The number of carbonyl (C=O) groups is 1. The third kappa shape index (κ3) is 2.78. The second-order valence-corrected chi connectivity index (χ2v) is 4.83. The standard InChI is InChI=1S/C15H11ClN4O/c16-13-5-6-18-15(19-13)20-14(21)11-7-9-3-1-2-4-10(9)8-12(11)17/h1-8H,17H2,(H,18,19,20,21). The molecule has 0 saturated heterocycles. The van der Waals surface area contributed by atoms with E-state index in [2.05, 4.69) is 15.3 Å². The first-order valence-electron chi connectivity index (χ1n) is 6.21. The maximum atomic E-state index is 12.3. The molecule has 0 aliphatic heterocycles. The van der Waals surface area contributed by atoms with Crippen molar-refractivity contribution in [2.45, 2.75) is 0 Å². The molecular formula is C15H11ClN4O. The zero-order valence-electron chi connectivity index (χ0n) is 10.9. The second kappa shape index (κ2) is 5.38. The number of carbonyl (C=O) groups excluding carboxylic acids is 1. The van der Waals surface area contributed by atoms with E-state index >= 15 is 0 Å². The Balaban J connectivity index is 1.96. The lowest BCUT2D eigenvalue weighted by molar-refractivity contribution is 0.102. The van der Waals surface area contributed by atoms with Crippen LogP contribution in [0.25, 0.3) is 10.8 Å². The summed E-state index contributed by atoms with van der Waals surface area (Å²) in [4.78, 5) is 20.1. The lowest BCUT2D eigenvalue weighted by atomic mass is 10.0. The smallest absolute Gasteiger partial charge is 0.260 e. The van der Waals surface area contributed by atoms with E-state index in [-0.39, 0.29) is 17.0 Å². The molecule has 0 aliphatic rings. The lowest BCUT2D eigenvalue weighted by Crippen LogP contribution is -2.16. The van der Waals surface area contributed by atoms with Gasteiger partial charge in [0, 0.05) is 11.9 Å². The number of halogens is 1. The van der Waals surface area contributed by atoms with Crippen LogP contribution >= 0.6 is 11.6 Å². The van der Waals surface area contributed by atoms with E-state index in [0.717, 1.165) is 10.8 Å². The highest BCUT2D eigenvalue weighted by Gasteiger charge is 2.12. The first-order chi connectivity index (χ1) is 10.1. The Kier molecular flexibility index (Phi) is 3.41. The number of rotatable bonds is 2.